The highest BCUT2D eigenvalue weighted by Gasteiger charge is 2.20. The van der Waals surface area contributed by atoms with Gasteiger partial charge in [-0.15, -0.1) is 11.3 Å². The third kappa shape index (κ3) is 3.74. The maximum absolute atomic E-state index is 12.5. The van der Waals surface area contributed by atoms with Gasteiger partial charge < -0.3 is 9.88 Å². The average Bonchev–Trinajstić information content (AvgIpc) is 2.96. The lowest BCUT2D eigenvalue weighted by atomic mass is 9.98. The molecule has 0 bridgehead atoms. The Morgan fingerprint density at radius 1 is 1.45 bits per heavy atom. The molecule has 5 nitrogen and oxygen atoms in total. The van der Waals surface area contributed by atoms with Crippen LogP contribution in [0.1, 0.15) is 45.4 Å². The van der Waals surface area contributed by atoms with Gasteiger partial charge in [-0.3, -0.25) is 9.59 Å². The third-order valence-corrected chi connectivity index (χ3v) is 4.78. The first-order chi connectivity index (χ1) is 10.6. The van der Waals surface area contributed by atoms with E-state index in [0.29, 0.717) is 22.6 Å². The van der Waals surface area contributed by atoms with Crippen LogP contribution in [0, 0.1) is 5.92 Å². The number of rotatable bonds is 7. The Bertz CT molecular complexity index is 692. The molecule has 0 saturated heterocycles. The van der Waals surface area contributed by atoms with Crippen molar-refractivity contribution < 1.29 is 4.79 Å². The van der Waals surface area contributed by atoms with Crippen LogP contribution in [-0.4, -0.2) is 27.8 Å². The van der Waals surface area contributed by atoms with E-state index >= 15 is 0 Å². The highest BCUT2D eigenvalue weighted by molar-refractivity contribution is 7.17. The summed E-state index contributed by atoms with van der Waals surface area (Å²) in [7, 11) is 1.77. The number of hydrogen-bond donors (Lipinski definition) is 1. The zero-order valence-corrected chi connectivity index (χ0v) is 14.2. The second-order valence-corrected chi connectivity index (χ2v) is 6.51. The second kappa shape index (κ2) is 7.54. The van der Waals surface area contributed by atoms with Crippen LogP contribution in [0.5, 0.6) is 0 Å². The SMILES string of the molecule is CCCC[C@@H](CC)C(=O)N(C)Cc1nc2ccsc2c(=O)[nH]1. The van der Waals surface area contributed by atoms with Gasteiger partial charge in [0, 0.05) is 13.0 Å². The van der Waals surface area contributed by atoms with Gasteiger partial charge in [-0.05, 0) is 24.3 Å². The monoisotopic (exact) mass is 321 g/mol. The first kappa shape index (κ1) is 16.7. The van der Waals surface area contributed by atoms with Gasteiger partial charge in [0.2, 0.25) is 5.91 Å². The van der Waals surface area contributed by atoms with Crippen LogP contribution in [-0.2, 0) is 11.3 Å². The molecular formula is C16H23N3O2S. The molecule has 0 radical (unpaired) electrons. The van der Waals surface area contributed by atoms with E-state index < -0.39 is 0 Å². The van der Waals surface area contributed by atoms with Crippen molar-refractivity contribution in [1.29, 1.82) is 0 Å². The number of unbranched alkanes of at least 4 members (excludes halogenated alkanes) is 1. The molecule has 0 unspecified atom stereocenters. The lowest BCUT2D eigenvalue weighted by Gasteiger charge is -2.22. The van der Waals surface area contributed by atoms with Crippen molar-refractivity contribution >= 4 is 27.5 Å². The summed E-state index contributed by atoms with van der Waals surface area (Å²) in [5.41, 5.74) is 0.566. The Kier molecular flexibility index (Phi) is 5.71. The summed E-state index contributed by atoms with van der Waals surface area (Å²) in [5, 5.41) is 1.85. The smallest absolute Gasteiger partial charge is 0.268 e. The number of aromatic amines is 1. The zero-order valence-electron chi connectivity index (χ0n) is 13.4. The van der Waals surface area contributed by atoms with E-state index in [2.05, 4.69) is 16.9 Å². The van der Waals surface area contributed by atoms with Crippen molar-refractivity contribution in [2.45, 2.75) is 46.1 Å². The maximum Gasteiger partial charge on any atom is 0.268 e. The van der Waals surface area contributed by atoms with Crippen LogP contribution in [0.15, 0.2) is 16.2 Å². The topological polar surface area (TPSA) is 66.1 Å². The van der Waals surface area contributed by atoms with Crippen LogP contribution in [0.3, 0.4) is 0 Å². The van der Waals surface area contributed by atoms with Crippen LogP contribution in [0.2, 0.25) is 0 Å². The predicted molar refractivity (Wildman–Crippen MR) is 90.0 cm³/mol. The lowest BCUT2D eigenvalue weighted by molar-refractivity contribution is -0.135. The number of aromatic nitrogens is 2. The molecule has 2 heterocycles. The van der Waals surface area contributed by atoms with Crippen LogP contribution < -0.4 is 5.56 Å². The molecule has 0 aliphatic heterocycles. The Morgan fingerprint density at radius 3 is 2.91 bits per heavy atom. The largest absolute Gasteiger partial charge is 0.338 e. The molecular weight excluding hydrogens is 298 g/mol. The maximum atomic E-state index is 12.5. The number of nitrogens with zero attached hydrogens (tertiary/aromatic N) is 2. The number of H-pyrrole nitrogens is 1. The second-order valence-electron chi connectivity index (χ2n) is 5.59. The fourth-order valence-corrected chi connectivity index (χ4v) is 3.29. The Balaban J connectivity index is 2.10. The van der Waals surface area contributed by atoms with E-state index in [4.69, 9.17) is 0 Å². The molecule has 0 spiro atoms. The van der Waals surface area contributed by atoms with Gasteiger partial charge >= 0.3 is 0 Å². The summed E-state index contributed by atoms with van der Waals surface area (Å²) in [6.07, 6.45) is 3.92. The van der Waals surface area contributed by atoms with Crippen LogP contribution in [0.4, 0.5) is 0 Å². The Morgan fingerprint density at radius 2 is 2.23 bits per heavy atom. The number of fused-ring (bicyclic) bond motifs is 1. The van der Waals surface area contributed by atoms with Crippen molar-refractivity contribution in [2.75, 3.05) is 7.05 Å². The predicted octanol–water partition coefficient (Wildman–Crippen LogP) is 3.16. The quantitative estimate of drug-likeness (QED) is 0.852. The molecule has 0 saturated carbocycles. The molecule has 0 aliphatic carbocycles. The highest BCUT2D eigenvalue weighted by Crippen LogP contribution is 2.17. The molecule has 0 aromatic carbocycles. The van der Waals surface area contributed by atoms with Gasteiger partial charge in [-0.25, -0.2) is 4.98 Å². The Hall–Kier alpha value is -1.69. The summed E-state index contributed by atoms with van der Waals surface area (Å²) < 4.78 is 0.632. The molecule has 0 aliphatic rings. The molecule has 2 aromatic rings. The number of carbonyl (C=O) groups is 1. The number of carbonyl (C=O) groups excluding carboxylic acids is 1. The summed E-state index contributed by atoms with van der Waals surface area (Å²) in [6.45, 7) is 4.51. The van der Waals surface area contributed by atoms with Gasteiger partial charge in [0.1, 0.15) is 10.5 Å². The fourth-order valence-electron chi connectivity index (χ4n) is 2.56. The molecule has 120 valence electrons. The standard InChI is InChI=1S/C16H23N3O2S/c1-4-6-7-11(5-2)16(21)19(3)10-13-17-12-8-9-22-14(12)15(20)18-13/h8-9,11H,4-7,10H2,1-3H3,(H,17,18,20)/t11-/m1/s1. The summed E-state index contributed by atoms with van der Waals surface area (Å²) in [4.78, 5) is 33.3. The molecule has 6 heteroatoms. The molecule has 1 N–H and O–H groups in total. The van der Waals surface area contributed by atoms with E-state index in [9.17, 15) is 9.59 Å². The van der Waals surface area contributed by atoms with Crippen molar-refractivity contribution in [3.63, 3.8) is 0 Å². The lowest BCUT2D eigenvalue weighted by Crippen LogP contribution is -2.33. The van der Waals surface area contributed by atoms with E-state index in [1.54, 1.807) is 11.9 Å². The van der Waals surface area contributed by atoms with Gasteiger partial charge in [0.05, 0.1) is 12.1 Å². The number of hydrogen-bond acceptors (Lipinski definition) is 4. The number of amides is 1. The van der Waals surface area contributed by atoms with Crippen LogP contribution >= 0.6 is 11.3 Å². The third-order valence-electron chi connectivity index (χ3n) is 3.88. The summed E-state index contributed by atoms with van der Waals surface area (Å²) in [5.74, 6) is 0.725. The van der Waals surface area contributed by atoms with Crippen molar-refractivity contribution in [3.05, 3.63) is 27.6 Å². The minimum Gasteiger partial charge on any atom is -0.338 e. The zero-order chi connectivity index (χ0) is 16.1. The molecule has 1 atom stereocenters. The van der Waals surface area contributed by atoms with Crippen LogP contribution in [0.25, 0.3) is 10.2 Å². The average molecular weight is 321 g/mol. The van der Waals surface area contributed by atoms with Gasteiger partial charge in [-0.1, -0.05) is 26.7 Å². The fraction of sp³-hybridized carbons (Fsp3) is 0.562. The van der Waals surface area contributed by atoms with Gasteiger partial charge in [-0.2, -0.15) is 0 Å². The first-order valence-corrected chi connectivity index (χ1v) is 8.66. The molecule has 2 rings (SSSR count). The van der Waals surface area contributed by atoms with Gasteiger partial charge in [0.25, 0.3) is 5.56 Å². The minimum absolute atomic E-state index is 0.0570. The summed E-state index contributed by atoms with van der Waals surface area (Å²) >= 11 is 1.38. The van der Waals surface area contributed by atoms with Crippen molar-refractivity contribution in [3.8, 4) is 0 Å². The minimum atomic E-state index is -0.131. The molecule has 22 heavy (non-hydrogen) atoms. The molecule has 0 fully saturated rings. The molecule has 2 aromatic heterocycles. The van der Waals surface area contributed by atoms with E-state index in [0.717, 1.165) is 25.7 Å². The Labute approximate surface area is 134 Å². The first-order valence-electron chi connectivity index (χ1n) is 7.78. The van der Waals surface area contributed by atoms with Crippen molar-refractivity contribution in [2.24, 2.45) is 5.92 Å². The van der Waals surface area contributed by atoms with Gasteiger partial charge in [0.15, 0.2) is 0 Å². The number of nitrogens with one attached hydrogen (secondary N) is 1. The number of thiophene rings is 1. The molecule has 1 amide bonds. The normalized spacial score (nSPS) is 12.5. The van der Waals surface area contributed by atoms with E-state index in [1.807, 2.05) is 18.4 Å². The van der Waals surface area contributed by atoms with Crippen molar-refractivity contribution in [1.82, 2.24) is 14.9 Å². The highest BCUT2D eigenvalue weighted by atomic mass is 32.1. The van der Waals surface area contributed by atoms with E-state index in [-0.39, 0.29) is 17.4 Å². The van der Waals surface area contributed by atoms with E-state index in [1.165, 1.54) is 11.3 Å². The summed E-state index contributed by atoms with van der Waals surface area (Å²) in [6, 6.07) is 1.83.